The summed E-state index contributed by atoms with van der Waals surface area (Å²) < 4.78 is 50.2. The summed E-state index contributed by atoms with van der Waals surface area (Å²) in [4.78, 5) is 37.4. The molecule has 7 aromatic carbocycles. The lowest BCUT2D eigenvalue weighted by molar-refractivity contribution is -0.389. The van der Waals surface area contributed by atoms with Crippen LogP contribution in [0.3, 0.4) is 0 Å². The molecule has 0 spiro atoms. The lowest BCUT2D eigenvalue weighted by atomic mass is 10.1. The third kappa shape index (κ3) is 20.5. The van der Waals surface area contributed by atoms with Crippen molar-refractivity contribution in [3.8, 4) is 0 Å². The molecule has 0 fully saturated rings. The molecule has 378 valence electrons. The van der Waals surface area contributed by atoms with Crippen LogP contribution in [0.25, 0.3) is 21.5 Å². The van der Waals surface area contributed by atoms with Gasteiger partial charge in [0.15, 0.2) is 0 Å². The second-order valence-corrected chi connectivity index (χ2v) is 17.4. The number of non-ortho nitro benzene ring substituents is 1. The first-order valence-corrected chi connectivity index (χ1v) is 23.2. The van der Waals surface area contributed by atoms with E-state index in [0.717, 1.165) is 79.9 Å². The number of nitro benzene ring substituents is 3. The zero-order valence-electron chi connectivity index (χ0n) is 40.4. The van der Waals surface area contributed by atoms with E-state index in [2.05, 4.69) is 69.2 Å². The van der Waals surface area contributed by atoms with Gasteiger partial charge in [-0.2, -0.15) is 0 Å². The van der Waals surface area contributed by atoms with Crippen molar-refractivity contribution in [2.45, 2.75) is 48.5 Å². The van der Waals surface area contributed by atoms with E-state index < -0.39 is 26.4 Å². The molecular formula is C55H48BrCl2F4N5O6. The lowest BCUT2D eigenvalue weighted by Gasteiger charge is -1.98. The van der Waals surface area contributed by atoms with Crippen LogP contribution in [-0.2, 0) is 0 Å². The van der Waals surface area contributed by atoms with Crippen molar-refractivity contribution in [1.29, 1.82) is 0 Å². The van der Waals surface area contributed by atoms with Crippen LogP contribution in [0.1, 0.15) is 39.1 Å². The summed E-state index contributed by atoms with van der Waals surface area (Å²) in [6.45, 7) is 12.4. The molecule has 0 aliphatic rings. The topological polar surface area (TPSA) is 155 Å². The Morgan fingerprint density at radius 2 is 1.03 bits per heavy atom. The van der Waals surface area contributed by atoms with Gasteiger partial charge in [-0.05, 0) is 160 Å². The van der Waals surface area contributed by atoms with Gasteiger partial charge in [-0.15, -0.1) is 0 Å². The van der Waals surface area contributed by atoms with Gasteiger partial charge in [-0.3, -0.25) is 40.3 Å². The number of nitro groups is 3. The van der Waals surface area contributed by atoms with Crippen LogP contribution in [0, 0.1) is 102 Å². The number of hydrogen-bond donors (Lipinski definition) is 0. The van der Waals surface area contributed by atoms with Gasteiger partial charge in [-0.25, -0.2) is 17.6 Å². The van der Waals surface area contributed by atoms with Crippen LogP contribution in [-0.4, -0.2) is 24.7 Å². The van der Waals surface area contributed by atoms with E-state index >= 15 is 0 Å². The van der Waals surface area contributed by atoms with Crippen molar-refractivity contribution in [3.63, 3.8) is 0 Å². The Kier molecular flexibility index (Phi) is 24.2. The maximum atomic E-state index is 12.4. The third-order valence-corrected chi connectivity index (χ3v) is 11.5. The first-order chi connectivity index (χ1) is 34.5. The summed E-state index contributed by atoms with van der Waals surface area (Å²) in [7, 11) is 0. The van der Waals surface area contributed by atoms with Gasteiger partial charge in [0.1, 0.15) is 23.3 Å². The van der Waals surface area contributed by atoms with E-state index in [1.807, 2.05) is 63.6 Å². The van der Waals surface area contributed by atoms with Gasteiger partial charge in [0, 0.05) is 85.0 Å². The van der Waals surface area contributed by atoms with Gasteiger partial charge >= 0.3 is 0 Å². The van der Waals surface area contributed by atoms with Gasteiger partial charge in [-0.1, -0.05) is 81.6 Å². The normalized spacial score (nSPS) is 9.84. The first-order valence-electron chi connectivity index (χ1n) is 21.6. The quantitative estimate of drug-likeness (QED) is 0.0962. The van der Waals surface area contributed by atoms with Gasteiger partial charge < -0.3 is 0 Å². The highest BCUT2D eigenvalue weighted by Gasteiger charge is 2.14. The molecule has 2 aromatic heterocycles. The summed E-state index contributed by atoms with van der Waals surface area (Å²) in [5.41, 5.74) is 5.01. The highest BCUT2D eigenvalue weighted by molar-refractivity contribution is 9.10. The van der Waals surface area contributed by atoms with Crippen LogP contribution in [0.5, 0.6) is 0 Å². The number of nitrogens with zero attached hydrogens (tertiary/aromatic N) is 5. The zero-order chi connectivity index (χ0) is 54.4. The standard InChI is InChI=1S/2C10H9N.C7H6BrF.C7H6Cl2.C7H6F2.C7H6FNO2.C7H6N2O4/c1-8-3-2-4-9-7-11-6-5-10(8)9;1-8-6-9-4-2-3-5-10(9)7-11-8;1-5-4-6(9)2-3-7(5)8;2*1-5-4-6(8)2-3-7(5)9;1-5-4-6(8)2-3-7(5)9(10)11;1-5-4-6(8(10)11)2-3-7(5)9(12)13/h2*2-7H,1H3;3*2-4H,1H3;2-4H,1H3;2-4H,1H3. The molecule has 9 rings (SSSR count). The van der Waals surface area contributed by atoms with Gasteiger partial charge in [0.25, 0.3) is 17.1 Å². The lowest BCUT2D eigenvalue weighted by Crippen LogP contribution is -1.93. The van der Waals surface area contributed by atoms with Gasteiger partial charge in [0.2, 0.25) is 0 Å². The third-order valence-electron chi connectivity index (χ3n) is 9.97. The minimum Gasteiger partial charge on any atom is -0.264 e. The number of aromatic nitrogens is 2. The number of halogens is 7. The maximum absolute atomic E-state index is 12.4. The highest BCUT2D eigenvalue weighted by atomic mass is 79.9. The van der Waals surface area contributed by atoms with E-state index in [1.54, 1.807) is 18.2 Å². The Bertz CT molecular complexity index is 3210. The van der Waals surface area contributed by atoms with E-state index in [1.165, 1.54) is 66.1 Å². The summed E-state index contributed by atoms with van der Waals surface area (Å²) in [6.07, 6.45) is 5.63. The molecule has 18 heteroatoms. The largest absolute Gasteiger partial charge is 0.272 e. The molecule has 2 heterocycles. The predicted molar refractivity (Wildman–Crippen MR) is 286 cm³/mol. The molecule has 0 bridgehead atoms. The molecule has 73 heavy (non-hydrogen) atoms. The number of benzene rings is 7. The molecule has 0 unspecified atom stereocenters. The second-order valence-electron chi connectivity index (χ2n) is 15.7. The first kappa shape index (κ1) is 59.6. The molecule has 0 atom stereocenters. The van der Waals surface area contributed by atoms with Crippen molar-refractivity contribution in [1.82, 2.24) is 9.97 Å². The van der Waals surface area contributed by atoms with Crippen LogP contribution in [0.15, 0.2) is 169 Å². The maximum Gasteiger partial charge on any atom is 0.272 e. The highest BCUT2D eigenvalue weighted by Crippen LogP contribution is 2.23. The summed E-state index contributed by atoms with van der Waals surface area (Å²) in [6, 6.07) is 38.8. The Labute approximate surface area is 437 Å². The molecule has 0 aliphatic heterocycles. The molecule has 11 nitrogen and oxygen atoms in total. The molecule has 0 N–H and O–H groups in total. The van der Waals surface area contributed by atoms with Crippen molar-refractivity contribution < 1.29 is 32.3 Å². The zero-order valence-corrected chi connectivity index (χ0v) is 43.5. The van der Waals surface area contributed by atoms with Crippen LogP contribution < -0.4 is 0 Å². The molecule has 0 aliphatic carbocycles. The molecular weight excluding hydrogens is 1050 g/mol. The van der Waals surface area contributed by atoms with E-state index in [4.69, 9.17) is 23.2 Å². The number of aryl methyl sites for hydroxylation is 7. The summed E-state index contributed by atoms with van der Waals surface area (Å²) >= 11 is 14.6. The molecule has 9 aromatic rings. The predicted octanol–water partition coefficient (Wildman–Crippen LogP) is 17.4. The molecule has 0 amide bonds. The van der Waals surface area contributed by atoms with E-state index in [-0.39, 0.29) is 28.7 Å². The fourth-order valence-corrected chi connectivity index (χ4v) is 6.68. The van der Waals surface area contributed by atoms with Crippen molar-refractivity contribution in [2.24, 2.45) is 0 Å². The Hall–Kier alpha value is -7.66. The number of rotatable bonds is 3. The van der Waals surface area contributed by atoms with Crippen molar-refractivity contribution >= 4 is 77.7 Å². The van der Waals surface area contributed by atoms with E-state index in [0.29, 0.717) is 16.7 Å². The Morgan fingerprint density at radius 1 is 0.479 bits per heavy atom. The van der Waals surface area contributed by atoms with Crippen molar-refractivity contribution in [2.75, 3.05) is 0 Å². The van der Waals surface area contributed by atoms with E-state index in [9.17, 15) is 47.9 Å². The van der Waals surface area contributed by atoms with Crippen LogP contribution >= 0.6 is 39.1 Å². The Morgan fingerprint density at radius 3 is 1.53 bits per heavy atom. The minimum atomic E-state index is -0.587. The number of hydrogen-bond acceptors (Lipinski definition) is 8. The average Bonchev–Trinajstić information content (AvgIpc) is 3.34. The number of pyridine rings is 2. The van der Waals surface area contributed by atoms with Crippen LogP contribution in [0.4, 0.5) is 34.6 Å². The Balaban J connectivity index is 0.000000226. The van der Waals surface area contributed by atoms with Gasteiger partial charge in [0.05, 0.1) is 14.8 Å². The molecule has 0 radical (unpaired) electrons. The summed E-state index contributed by atoms with van der Waals surface area (Å²) in [5.74, 6) is -1.39. The fraction of sp³-hybridized carbons (Fsp3) is 0.127. The number of fused-ring (bicyclic) bond motifs is 2. The smallest absolute Gasteiger partial charge is 0.264 e. The summed E-state index contributed by atoms with van der Waals surface area (Å²) in [5, 5.41) is 37.3. The monoisotopic (exact) mass is 1100 g/mol. The average molecular weight is 1100 g/mol. The van der Waals surface area contributed by atoms with Crippen LogP contribution in [0.2, 0.25) is 10.0 Å². The minimum absolute atomic E-state index is 0.0496. The molecule has 0 saturated carbocycles. The fourth-order valence-electron chi connectivity index (χ4n) is 6.08. The van der Waals surface area contributed by atoms with Crippen molar-refractivity contribution in [3.05, 3.63) is 271 Å². The molecule has 0 saturated heterocycles. The SMILES string of the molecule is Cc1cc(Cl)ccc1Cl.Cc1cc(F)ccc1Br.Cc1cc(F)ccc1F.Cc1cc(F)ccc1[N+](=O)[O-].Cc1cc([N+](=O)[O-])ccc1[N+](=O)[O-].Cc1cc2ccccc2cn1.Cc1cccc2cnccc12. The second kappa shape index (κ2) is 29.6.